The Morgan fingerprint density at radius 2 is 1.88 bits per heavy atom. The Balaban J connectivity index is 0. The minimum atomic E-state index is -1.08. The van der Waals surface area contributed by atoms with Gasteiger partial charge < -0.3 is 9.90 Å². The van der Waals surface area contributed by atoms with Crippen LogP contribution in [0.25, 0.3) is 10.4 Å². The SMILES string of the molecule is CC(=O)[O-].[N-]=[N+]=N/N=N/c1ccccc1.[Na+]. The second kappa shape index (κ2) is 11.7. The predicted molar refractivity (Wildman–Crippen MR) is 50.8 cm³/mol. The third-order valence-electron chi connectivity index (χ3n) is 0.996. The Morgan fingerprint density at radius 3 is 2.31 bits per heavy atom. The normalized spacial score (nSPS) is 8.06. The van der Waals surface area contributed by atoms with E-state index in [4.69, 9.17) is 15.4 Å². The maximum Gasteiger partial charge on any atom is 1.00 e. The molecule has 0 radical (unpaired) electrons. The quantitative estimate of drug-likeness (QED) is 0.207. The van der Waals surface area contributed by atoms with Crippen LogP contribution in [0.4, 0.5) is 5.69 Å². The standard InChI is InChI=1S/C6H5N5.C2H4O2.Na/c7-9-11-10-8-6-4-2-1-3-5-6;1-2(3)4;/h1-5H;1H3,(H,3,4);/q;;+1/p-1/b10-8+;;. The van der Waals surface area contributed by atoms with Crippen LogP contribution in [0, 0.1) is 0 Å². The van der Waals surface area contributed by atoms with Gasteiger partial charge in [0.25, 0.3) is 0 Å². The van der Waals surface area contributed by atoms with Crippen LogP contribution in [0.5, 0.6) is 0 Å². The fourth-order valence-corrected chi connectivity index (χ4v) is 0.584. The van der Waals surface area contributed by atoms with E-state index in [2.05, 4.69) is 20.5 Å². The summed E-state index contributed by atoms with van der Waals surface area (Å²) < 4.78 is 0. The summed E-state index contributed by atoms with van der Waals surface area (Å²) in [5.74, 6) is -1.08. The van der Waals surface area contributed by atoms with Crippen LogP contribution < -0.4 is 34.7 Å². The fourth-order valence-electron chi connectivity index (χ4n) is 0.584. The van der Waals surface area contributed by atoms with Crippen LogP contribution in [0.15, 0.2) is 45.9 Å². The van der Waals surface area contributed by atoms with E-state index in [0.717, 1.165) is 6.92 Å². The van der Waals surface area contributed by atoms with Gasteiger partial charge in [-0.3, -0.25) is 0 Å². The van der Waals surface area contributed by atoms with Crippen molar-refractivity contribution in [3.63, 3.8) is 0 Å². The van der Waals surface area contributed by atoms with E-state index >= 15 is 0 Å². The molecule has 16 heavy (non-hydrogen) atoms. The zero-order chi connectivity index (χ0) is 11.5. The van der Waals surface area contributed by atoms with Gasteiger partial charge in [0.15, 0.2) is 0 Å². The molecule has 0 heterocycles. The maximum atomic E-state index is 8.89. The summed E-state index contributed by atoms with van der Waals surface area (Å²) in [5.41, 5.74) is 8.52. The van der Waals surface area contributed by atoms with Gasteiger partial charge in [-0.2, -0.15) is 4.91 Å². The molecule has 0 aromatic heterocycles. The van der Waals surface area contributed by atoms with Gasteiger partial charge >= 0.3 is 29.6 Å². The molecule has 7 nitrogen and oxygen atoms in total. The Morgan fingerprint density at radius 1 is 1.38 bits per heavy atom. The van der Waals surface area contributed by atoms with Crippen molar-refractivity contribution in [1.29, 1.82) is 0 Å². The number of carboxylic acids is 1. The number of azide groups is 1. The van der Waals surface area contributed by atoms with Crippen molar-refractivity contribution in [2.75, 3.05) is 0 Å². The number of hydrogen-bond donors (Lipinski definition) is 0. The average Bonchev–Trinajstić information content (AvgIpc) is 2.19. The molecule has 1 rings (SSSR count). The topological polar surface area (TPSA) is 114 Å². The molecule has 0 atom stereocenters. The first-order valence-electron chi connectivity index (χ1n) is 3.84. The number of rotatable bonds is 2. The number of carbonyl (C=O) groups excluding carboxylic acids is 1. The fraction of sp³-hybridized carbons (Fsp3) is 0.125. The van der Waals surface area contributed by atoms with Gasteiger partial charge in [-0.05, 0) is 24.2 Å². The van der Waals surface area contributed by atoms with E-state index in [1.807, 2.05) is 18.2 Å². The van der Waals surface area contributed by atoms with E-state index in [1.54, 1.807) is 12.1 Å². The minimum Gasteiger partial charge on any atom is -0.550 e. The van der Waals surface area contributed by atoms with Crippen LogP contribution >= 0.6 is 0 Å². The van der Waals surface area contributed by atoms with Gasteiger partial charge in [-0.15, -0.1) is 5.53 Å². The minimum absolute atomic E-state index is 0. The Kier molecular flexibility index (Phi) is 12.4. The molecule has 0 unspecified atom stereocenters. The van der Waals surface area contributed by atoms with Crippen molar-refractivity contribution in [2.45, 2.75) is 6.92 Å². The number of carbonyl (C=O) groups is 1. The van der Waals surface area contributed by atoms with Crippen LogP contribution in [-0.2, 0) is 4.79 Å². The molecule has 0 bridgehead atoms. The first-order valence-corrected chi connectivity index (χ1v) is 3.84. The van der Waals surface area contributed by atoms with Gasteiger partial charge in [-0.1, -0.05) is 18.2 Å². The van der Waals surface area contributed by atoms with Gasteiger partial charge in [0.05, 0.1) is 5.22 Å². The number of benzene rings is 1. The van der Waals surface area contributed by atoms with Gasteiger partial charge in [0, 0.05) is 5.97 Å². The monoisotopic (exact) mass is 229 g/mol. The van der Waals surface area contributed by atoms with E-state index in [0.29, 0.717) is 5.69 Å². The van der Waals surface area contributed by atoms with E-state index in [-0.39, 0.29) is 29.6 Å². The second-order valence-corrected chi connectivity index (χ2v) is 2.20. The van der Waals surface area contributed by atoms with Gasteiger partial charge in [0.2, 0.25) is 0 Å². The van der Waals surface area contributed by atoms with Crippen molar-refractivity contribution < 1.29 is 39.5 Å². The van der Waals surface area contributed by atoms with Crippen LogP contribution in [-0.4, -0.2) is 5.97 Å². The van der Waals surface area contributed by atoms with Crippen LogP contribution in [0.1, 0.15) is 6.92 Å². The molecule has 0 spiro atoms. The van der Waals surface area contributed by atoms with E-state index < -0.39 is 5.97 Å². The third-order valence-corrected chi connectivity index (χ3v) is 0.996. The number of nitrogens with zero attached hydrogens (tertiary/aromatic N) is 5. The molecule has 0 N–H and O–H groups in total. The summed E-state index contributed by atoms with van der Waals surface area (Å²) in [7, 11) is 0. The second-order valence-electron chi connectivity index (χ2n) is 2.20. The van der Waals surface area contributed by atoms with E-state index in [9.17, 15) is 0 Å². The summed E-state index contributed by atoms with van der Waals surface area (Å²) in [4.78, 5) is 11.3. The van der Waals surface area contributed by atoms with E-state index in [1.165, 1.54) is 0 Å². The molecule has 0 fully saturated rings. The zero-order valence-electron chi connectivity index (χ0n) is 8.94. The first-order chi connectivity index (χ1) is 7.16. The van der Waals surface area contributed by atoms with Gasteiger partial charge in [0.1, 0.15) is 10.9 Å². The molecule has 0 saturated carbocycles. The van der Waals surface area contributed by atoms with Crippen molar-refractivity contribution in [3.05, 3.63) is 40.8 Å². The zero-order valence-corrected chi connectivity index (χ0v) is 10.9. The van der Waals surface area contributed by atoms with Gasteiger partial charge in [-0.25, -0.2) is 0 Å². The molecule has 1 aromatic rings. The summed E-state index contributed by atoms with van der Waals surface area (Å²) >= 11 is 0. The summed E-state index contributed by atoms with van der Waals surface area (Å²) in [5, 5.41) is 18.6. The van der Waals surface area contributed by atoms with Crippen molar-refractivity contribution in [2.24, 2.45) is 15.6 Å². The summed E-state index contributed by atoms with van der Waals surface area (Å²) in [6.45, 7) is 0.972. The van der Waals surface area contributed by atoms with Crippen molar-refractivity contribution in [1.82, 2.24) is 0 Å². The first kappa shape index (κ1) is 17.0. The largest absolute Gasteiger partial charge is 1.00 e. The Labute approximate surface area is 114 Å². The summed E-state index contributed by atoms with van der Waals surface area (Å²) in [6.07, 6.45) is 0. The molecule has 0 saturated heterocycles. The maximum absolute atomic E-state index is 8.89. The molecule has 0 aliphatic rings. The molecule has 78 valence electrons. The van der Waals surface area contributed by atoms with Crippen LogP contribution in [0.2, 0.25) is 0 Å². The Hall–Kier alpha value is -1.40. The van der Waals surface area contributed by atoms with Crippen molar-refractivity contribution in [3.8, 4) is 0 Å². The molecular weight excluding hydrogens is 221 g/mol. The third kappa shape index (κ3) is 12.6. The molecule has 8 heteroatoms. The molecule has 1 aromatic carbocycles. The smallest absolute Gasteiger partial charge is 0.550 e. The number of aliphatic carboxylic acids is 1. The van der Waals surface area contributed by atoms with Crippen molar-refractivity contribution >= 4 is 11.7 Å². The predicted octanol–water partition coefficient (Wildman–Crippen LogP) is -1.24. The molecular formula is C8H8N5NaO2. The summed E-state index contributed by atoms with van der Waals surface area (Å²) in [6, 6.07) is 9.04. The number of carboxylic acid groups (broad SMARTS) is 1. The molecule has 0 aliphatic heterocycles. The van der Waals surface area contributed by atoms with Crippen LogP contribution in [0.3, 0.4) is 0 Å². The Bertz CT molecular complexity index is 371. The molecule has 0 aliphatic carbocycles. The average molecular weight is 229 g/mol. The molecule has 0 amide bonds. The number of hydrogen-bond acceptors (Lipinski definition) is 3.